The number of aromatic nitrogens is 2. The summed E-state index contributed by atoms with van der Waals surface area (Å²) in [6, 6.07) is 25.3. The molecule has 4 aromatic carbocycles. The van der Waals surface area contributed by atoms with Gasteiger partial charge in [0.05, 0.1) is 0 Å². The fourth-order valence-electron chi connectivity index (χ4n) is 5.14. The summed E-state index contributed by atoms with van der Waals surface area (Å²) in [6.07, 6.45) is 12.6. The van der Waals surface area contributed by atoms with Crippen LogP contribution in [-0.4, -0.2) is 26.4 Å². The monoisotopic (exact) mass is 672 g/mol. The van der Waals surface area contributed by atoms with Crippen LogP contribution < -0.4 is 0 Å². The Morgan fingerprint density at radius 1 is 0.921 bits per heavy atom. The van der Waals surface area contributed by atoms with E-state index < -0.39 is 0 Å². The topological polar surface area (TPSA) is 24.3 Å². The van der Waals surface area contributed by atoms with Crippen molar-refractivity contribution < 1.29 is 20.1 Å². The Labute approximate surface area is 236 Å². The fraction of sp³-hybridized carbons (Fsp3) is 0.0909. The quantitative estimate of drug-likeness (QED) is 0.0817. The summed E-state index contributed by atoms with van der Waals surface area (Å²) in [6.45, 7) is 7.53. The standard InChI is InChI=1S/C24H15N2.C9H12N2.Ir/c1-26-10-8-20-23-19(7-4-9-25-23)21-13-17-11-15-5-2-3-6-16(15)12-18(17)14-22(21)24(20)26;1-4-9(5-2)11-7-6-10(3)8-11;/h2-7,9-14H,1H3;4,6-8H,1H2,2-3H3;/q-1;-2;+3. The summed E-state index contributed by atoms with van der Waals surface area (Å²) >= 11 is 0. The van der Waals surface area contributed by atoms with E-state index in [0.29, 0.717) is 0 Å². The van der Waals surface area contributed by atoms with E-state index in [9.17, 15) is 0 Å². The van der Waals surface area contributed by atoms with Gasteiger partial charge in [0, 0.05) is 6.20 Å². The van der Waals surface area contributed by atoms with Gasteiger partial charge in [0.25, 0.3) is 0 Å². The predicted octanol–water partition coefficient (Wildman–Crippen LogP) is 7.70. The molecule has 0 aliphatic carbocycles. The van der Waals surface area contributed by atoms with E-state index in [1.807, 2.05) is 61.3 Å². The van der Waals surface area contributed by atoms with Crippen molar-refractivity contribution in [2.75, 3.05) is 7.05 Å². The van der Waals surface area contributed by atoms with Crippen molar-refractivity contribution in [2.24, 2.45) is 7.05 Å². The summed E-state index contributed by atoms with van der Waals surface area (Å²) in [5.74, 6) is 0. The second-order valence-electron chi connectivity index (χ2n) is 9.28. The molecular weight excluding hydrogens is 645 g/mol. The van der Waals surface area contributed by atoms with Gasteiger partial charge in [-0.25, -0.2) is 0 Å². The minimum absolute atomic E-state index is 0. The number of aryl methyl sites for hydroxylation is 1. The first-order valence-electron chi connectivity index (χ1n) is 12.3. The van der Waals surface area contributed by atoms with E-state index in [0.717, 1.165) is 16.6 Å². The van der Waals surface area contributed by atoms with E-state index in [1.54, 1.807) is 6.08 Å². The van der Waals surface area contributed by atoms with Crippen LogP contribution in [0.15, 0.2) is 104 Å². The van der Waals surface area contributed by atoms with Gasteiger partial charge in [-0.1, -0.05) is 53.5 Å². The third kappa shape index (κ3) is 4.38. The molecule has 1 aliphatic rings. The minimum atomic E-state index is 0. The second-order valence-corrected chi connectivity index (χ2v) is 9.28. The number of pyridine rings is 1. The summed E-state index contributed by atoms with van der Waals surface area (Å²) in [4.78, 5) is 8.60. The van der Waals surface area contributed by atoms with E-state index >= 15 is 0 Å². The van der Waals surface area contributed by atoms with Crippen LogP contribution in [0.4, 0.5) is 0 Å². The van der Waals surface area contributed by atoms with Crippen LogP contribution in [0.25, 0.3) is 54.1 Å². The third-order valence-corrected chi connectivity index (χ3v) is 6.92. The maximum absolute atomic E-state index is 4.66. The second kappa shape index (κ2) is 10.4. The van der Waals surface area contributed by atoms with Crippen molar-refractivity contribution >= 4 is 54.1 Å². The number of hydrogen-bond donors (Lipinski definition) is 0. The van der Waals surface area contributed by atoms with E-state index in [2.05, 4.69) is 89.9 Å². The molecule has 1 aliphatic heterocycles. The Bertz CT molecular complexity index is 1880. The normalized spacial score (nSPS) is 13.4. The maximum atomic E-state index is 4.66. The molecule has 0 atom stereocenters. The molecule has 6 aromatic rings. The molecule has 5 heteroatoms. The van der Waals surface area contributed by atoms with E-state index in [4.69, 9.17) is 0 Å². The van der Waals surface area contributed by atoms with E-state index in [1.165, 1.54) is 43.2 Å². The first kappa shape index (κ1) is 25.7. The Morgan fingerprint density at radius 3 is 2.26 bits per heavy atom. The molecular formula is C33H27IrN4. The third-order valence-electron chi connectivity index (χ3n) is 6.92. The van der Waals surface area contributed by atoms with Gasteiger partial charge in [-0.3, -0.25) is 6.08 Å². The van der Waals surface area contributed by atoms with Crippen LogP contribution in [0.1, 0.15) is 6.92 Å². The van der Waals surface area contributed by atoms with Gasteiger partial charge < -0.3 is 19.4 Å². The predicted molar refractivity (Wildman–Crippen MR) is 155 cm³/mol. The molecule has 0 N–H and O–H groups in total. The van der Waals surface area contributed by atoms with Crippen LogP contribution in [0.2, 0.25) is 0 Å². The zero-order valence-electron chi connectivity index (χ0n) is 21.6. The summed E-state index contributed by atoms with van der Waals surface area (Å²) in [5.41, 5.74) is 3.20. The minimum Gasteiger partial charge on any atom is -0.510 e. The first-order chi connectivity index (χ1) is 18.1. The van der Waals surface area contributed by atoms with Crippen LogP contribution in [0.3, 0.4) is 0 Å². The van der Waals surface area contributed by atoms with Crippen molar-refractivity contribution in [1.82, 2.24) is 19.4 Å². The Balaban J connectivity index is 0.000000209. The van der Waals surface area contributed by atoms with Gasteiger partial charge in [0.15, 0.2) is 0 Å². The number of nitrogens with zero attached hydrogens (tertiary/aromatic N) is 4. The summed E-state index contributed by atoms with van der Waals surface area (Å²) < 4.78 is 2.15. The van der Waals surface area contributed by atoms with Crippen molar-refractivity contribution in [3.05, 3.63) is 123 Å². The number of allylic oxidation sites excluding steroid dienone is 2. The summed E-state index contributed by atoms with van der Waals surface area (Å²) in [7, 11) is 4.06. The van der Waals surface area contributed by atoms with Crippen LogP contribution in [0.5, 0.6) is 0 Å². The molecule has 2 aromatic heterocycles. The van der Waals surface area contributed by atoms with E-state index in [-0.39, 0.29) is 20.1 Å². The molecule has 188 valence electrons. The van der Waals surface area contributed by atoms with Crippen molar-refractivity contribution in [3.63, 3.8) is 0 Å². The zero-order valence-corrected chi connectivity index (χ0v) is 24.0. The zero-order chi connectivity index (χ0) is 25.5. The number of benzene rings is 4. The maximum Gasteiger partial charge on any atom is 3.00 e. The van der Waals surface area contributed by atoms with Crippen molar-refractivity contribution in [3.8, 4) is 0 Å². The van der Waals surface area contributed by atoms with Crippen molar-refractivity contribution in [2.45, 2.75) is 6.92 Å². The van der Waals surface area contributed by atoms with Crippen LogP contribution in [-0.2, 0) is 27.2 Å². The van der Waals surface area contributed by atoms with Crippen LogP contribution in [0, 0.1) is 18.8 Å². The molecule has 38 heavy (non-hydrogen) atoms. The van der Waals surface area contributed by atoms with Gasteiger partial charge >= 0.3 is 20.1 Å². The first-order valence-corrected chi connectivity index (χ1v) is 12.3. The molecule has 0 spiro atoms. The number of rotatable bonds is 2. The molecule has 3 heterocycles. The Morgan fingerprint density at radius 2 is 1.63 bits per heavy atom. The largest absolute Gasteiger partial charge is 3.00 e. The van der Waals surface area contributed by atoms with Gasteiger partial charge in [0.2, 0.25) is 0 Å². The van der Waals surface area contributed by atoms with Gasteiger partial charge in [0.1, 0.15) is 0 Å². The van der Waals surface area contributed by atoms with Gasteiger partial charge in [-0.15, -0.1) is 12.3 Å². The molecule has 4 nitrogen and oxygen atoms in total. The number of fused-ring (bicyclic) bond motifs is 8. The Hall–Kier alpha value is -3.92. The fourth-order valence-corrected chi connectivity index (χ4v) is 5.14. The molecule has 0 amide bonds. The van der Waals surface area contributed by atoms with Crippen LogP contribution >= 0.6 is 0 Å². The SMILES string of the molecule is C=CC(=[C-]C)N1C=CN(C)[CH-]1.Cn1c[c-]c2c3ncccc3c3cc4cc5ccccc5cc4cc3c21.[Ir+3]. The summed E-state index contributed by atoms with van der Waals surface area (Å²) in [5, 5.41) is 9.86. The van der Waals surface area contributed by atoms with Crippen molar-refractivity contribution in [1.29, 1.82) is 0 Å². The molecule has 0 saturated heterocycles. The molecule has 0 saturated carbocycles. The number of hydrogen-bond acceptors (Lipinski definition) is 3. The van der Waals surface area contributed by atoms with Gasteiger partial charge in [-0.05, 0) is 88.6 Å². The molecule has 7 rings (SSSR count). The average molecular weight is 672 g/mol. The molecule has 0 bridgehead atoms. The Kier molecular flexibility index (Phi) is 7.07. The smallest absolute Gasteiger partial charge is 0.510 e. The molecule has 0 unspecified atom stereocenters. The average Bonchev–Trinajstić information content (AvgIpc) is 3.53. The molecule has 0 radical (unpaired) electrons. The molecule has 0 fully saturated rings. The van der Waals surface area contributed by atoms with Gasteiger partial charge in [-0.2, -0.15) is 31.1 Å².